The molecule has 8 nitrogen and oxygen atoms in total. The first-order chi connectivity index (χ1) is 14.2. The van der Waals surface area contributed by atoms with Crippen LogP contribution in [0.15, 0.2) is 35.2 Å². The van der Waals surface area contributed by atoms with E-state index in [9.17, 15) is 21.6 Å². The molecular weight excluding hydrogens is 463 g/mol. The number of para-hydroxylation sites is 1. The summed E-state index contributed by atoms with van der Waals surface area (Å²) in [7, 11) is -3.08. The van der Waals surface area contributed by atoms with Gasteiger partial charge in [-0.1, -0.05) is 6.07 Å². The lowest BCUT2D eigenvalue weighted by molar-refractivity contribution is -0.287. The van der Waals surface area contributed by atoms with Crippen LogP contribution in [0.25, 0.3) is 0 Å². The van der Waals surface area contributed by atoms with Gasteiger partial charge in [0.25, 0.3) is 10.0 Å². The average molecular weight is 482 g/mol. The second-order valence-electron chi connectivity index (χ2n) is 6.60. The van der Waals surface area contributed by atoms with E-state index in [1.54, 1.807) is 0 Å². The maximum atomic E-state index is 14.6. The van der Waals surface area contributed by atoms with Gasteiger partial charge in [0.05, 0.1) is 18.5 Å². The van der Waals surface area contributed by atoms with E-state index in [2.05, 4.69) is 19.5 Å². The number of ether oxygens (including phenoxy) is 3. The zero-order valence-corrected chi connectivity index (χ0v) is 17.8. The van der Waals surface area contributed by atoms with Crippen molar-refractivity contribution in [3.8, 4) is 17.2 Å². The minimum atomic E-state index is -4.40. The van der Waals surface area contributed by atoms with Gasteiger partial charge in [-0.25, -0.2) is 12.8 Å². The molecule has 0 saturated carbocycles. The maximum Gasteiger partial charge on any atom is 0.586 e. The van der Waals surface area contributed by atoms with Gasteiger partial charge in [-0.15, -0.1) is 21.2 Å². The number of fused-ring (bicyclic) bond motifs is 1. The third-order valence-corrected chi connectivity index (χ3v) is 6.02. The molecule has 2 aromatic rings. The summed E-state index contributed by atoms with van der Waals surface area (Å²) in [6, 6.07) is 5.86. The Bertz CT molecular complexity index is 1080. The first kappa shape index (κ1) is 23.1. The molecule has 0 unspecified atom stereocenters. The summed E-state index contributed by atoms with van der Waals surface area (Å²) in [5.74, 6) is -1.82. The number of hydrogen-bond acceptors (Lipinski definition) is 7. The average Bonchev–Trinajstić information content (AvgIpc) is 3.01. The smallest absolute Gasteiger partial charge is 0.492 e. The highest BCUT2D eigenvalue weighted by atomic mass is 35.5. The molecule has 4 rings (SSSR count). The van der Waals surface area contributed by atoms with E-state index in [-0.39, 0.29) is 23.8 Å². The number of nitrogens with zero attached hydrogens (tertiary/aromatic N) is 1. The fraction of sp³-hybridized carbons (Fsp3) is 0.333. The van der Waals surface area contributed by atoms with Crippen molar-refractivity contribution < 1.29 is 35.8 Å². The van der Waals surface area contributed by atoms with E-state index in [1.807, 2.05) is 4.90 Å². The Morgan fingerprint density at radius 3 is 2.58 bits per heavy atom. The molecular formula is C18H19ClF3N3O5S. The van der Waals surface area contributed by atoms with Gasteiger partial charge in [0.2, 0.25) is 0 Å². The summed E-state index contributed by atoms with van der Waals surface area (Å²) in [5.41, 5.74) is 0.284. The standard InChI is InChI=1S/C18H18F3N3O5S.ClH/c1-27-16-12(19)9-11(10-13(16)24-7-5-22-6-8-24)23-30(25,26)15-4-2-3-14-17(15)29-18(20,21)28-14;/h2-4,9-10,22-23H,5-8H2,1H3;1H. The van der Waals surface area contributed by atoms with E-state index < -0.39 is 38.5 Å². The van der Waals surface area contributed by atoms with Crippen LogP contribution in [-0.2, 0) is 10.0 Å². The molecule has 0 atom stereocenters. The highest BCUT2D eigenvalue weighted by Gasteiger charge is 2.46. The molecule has 0 bridgehead atoms. The van der Waals surface area contributed by atoms with Gasteiger partial charge in [0.1, 0.15) is 4.90 Å². The molecule has 1 fully saturated rings. The number of piperazine rings is 1. The molecule has 2 N–H and O–H groups in total. The SMILES string of the molecule is COc1c(F)cc(NS(=O)(=O)c2cccc3c2OC(F)(F)O3)cc1N1CCNCC1.Cl. The van der Waals surface area contributed by atoms with Crippen LogP contribution in [0, 0.1) is 5.82 Å². The summed E-state index contributed by atoms with van der Waals surface area (Å²) >= 11 is 0. The number of sulfonamides is 1. The van der Waals surface area contributed by atoms with E-state index in [0.29, 0.717) is 31.9 Å². The third-order valence-electron chi connectivity index (χ3n) is 4.62. The number of methoxy groups -OCH3 is 1. The molecule has 2 aliphatic rings. The monoisotopic (exact) mass is 481 g/mol. The van der Waals surface area contributed by atoms with Crippen LogP contribution >= 0.6 is 12.4 Å². The van der Waals surface area contributed by atoms with E-state index in [1.165, 1.54) is 19.2 Å². The summed E-state index contributed by atoms with van der Waals surface area (Å²) in [6.45, 7) is 2.47. The molecule has 2 aliphatic heterocycles. The van der Waals surface area contributed by atoms with Crippen LogP contribution in [-0.4, -0.2) is 48.0 Å². The fourth-order valence-corrected chi connectivity index (χ4v) is 4.53. The van der Waals surface area contributed by atoms with Crippen LogP contribution in [0.1, 0.15) is 0 Å². The van der Waals surface area contributed by atoms with Gasteiger partial charge < -0.3 is 24.4 Å². The quantitative estimate of drug-likeness (QED) is 0.679. The van der Waals surface area contributed by atoms with Gasteiger partial charge in [0.15, 0.2) is 23.1 Å². The minimum absolute atomic E-state index is 0. The fourth-order valence-electron chi connectivity index (χ4n) is 3.35. The molecule has 0 radical (unpaired) electrons. The Labute approximate surface area is 182 Å². The molecule has 0 aromatic heterocycles. The van der Waals surface area contributed by atoms with Gasteiger partial charge in [0, 0.05) is 32.2 Å². The Morgan fingerprint density at radius 1 is 1.19 bits per heavy atom. The van der Waals surface area contributed by atoms with E-state index >= 15 is 0 Å². The normalized spacial score (nSPS) is 17.1. The molecule has 0 spiro atoms. The predicted molar refractivity (Wildman–Crippen MR) is 109 cm³/mol. The number of alkyl halides is 2. The van der Waals surface area contributed by atoms with Gasteiger partial charge in [-0.05, 0) is 18.2 Å². The van der Waals surface area contributed by atoms with Crippen LogP contribution < -0.4 is 29.1 Å². The first-order valence-electron chi connectivity index (χ1n) is 8.95. The van der Waals surface area contributed by atoms with E-state index in [0.717, 1.165) is 18.2 Å². The number of halogens is 4. The highest BCUT2D eigenvalue weighted by molar-refractivity contribution is 7.92. The molecule has 170 valence electrons. The molecule has 31 heavy (non-hydrogen) atoms. The second kappa shape index (κ2) is 8.52. The molecule has 1 saturated heterocycles. The Morgan fingerprint density at radius 2 is 1.90 bits per heavy atom. The van der Waals surface area contributed by atoms with Crippen molar-refractivity contribution >= 4 is 33.8 Å². The Balaban J connectivity index is 0.00000272. The number of rotatable bonds is 5. The van der Waals surface area contributed by atoms with Crippen LogP contribution in [0.5, 0.6) is 17.2 Å². The number of benzene rings is 2. The van der Waals surface area contributed by atoms with Crippen LogP contribution in [0.2, 0.25) is 0 Å². The lowest BCUT2D eigenvalue weighted by Gasteiger charge is -2.31. The molecule has 2 heterocycles. The first-order valence-corrected chi connectivity index (χ1v) is 10.4. The van der Waals surface area contributed by atoms with Crippen molar-refractivity contribution in [1.29, 1.82) is 0 Å². The van der Waals surface area contributed by atoms with Gasteiger partial charge in [-0.2, -0.15) is 0 Å². The van der Waals surface area contributed by atoms with Crippen molar-refractivity contribution in [1.82, 2.24) is 5.32 Å². The van der Waals surface area contributed by atoms with Gasteiger partial charge in [-0.3, -0.25) is 4.72 Å². The third kappa shape index (κ3) is 4.55. The van der Waals surface area contributed by atoms with Crippen molar-refractivity contribution in [2.75, 3.05) is 42.9 Å². The summed E-state index contributed by atoms with van der Waals surface area (Å²) in [4.78, 5) is 1.30. The molecule has 0 amide bonds. The summed E-state index contributed by atoms with van der Waals surface area (Å²) in [6.07, 6.45) is -3.98. The molecule has 13 heteroatoms. The minimum Gasteiger partial charge on any atom is -0.492 e. The zero-order chi connectivity index (χ0) is 21.5. The molecule has 0 aliphatic carbocycles. The topological polar surface area (TPSA) is 89.1 Å². The van der Waals surface area contributed by atoms with Crippen molar-refractivity contribution in [3.05, 3.63) is 36.1 Å². The van der Waals surface area contributed by atoms with Crippen molar-refractivity contribution in [2.45, 2.75) is 11.2 Å². The number of anilines is 2. The summed E-state index contributed by atoms with van der Waals surface area (Å²) in [5, 5.41) is 3.17. The van der Waals surface area contributed by atoms with E-state index in [4.69, 9.17) is 4.74 Å². The van der Waals surface area contributed by atoms with Gasteiger partial charge >= 0.3 is 6.29 Å². The highest BCUT2D eigenvalue weighted by Crippen LogP contribution is 2.45. The molecule has 2 aromatic carbocycles. The lowest BCUT2D eigenvalue weighted by Crippen LogP contribution is -2.43. The lowest BCUT2D eigenvalue weighted by atomic mass is 10.2. The van der Waals surface area contributed by atoms with Crippen molar-refractivity contribution in [3.63, 3.8) is 0 Å². The zero-order valence-electron chi connectivity index (χ0n) is 16.2. The number of nitrogens with one attached hydrogen (secondary N) is 2. The second-order valence-corrected chi connectivity index (χ2v) is 8.25. The Hall–Kier alpha value is -2.57. The summed E-state index contributed by atoms with van der Waals surface area (Å²) < 4.78 is 83.1. The van der Waals surface area contributed by atoms with Crippen LogP contribution in [0.4, 0.5) is 24.5 Å². The van der Waals surface area contributed by atoms with Crippen molar-refractivity contribution in [2.24, 2.45) is 0 Å². The largest absolute Gasteiger partial charge is 0.586 e. The Kier molecular flexibility index (Phi) is 6.35. The maximum absolute atomic E-state index is 14.6. The van der Waals surface area contributed by atoms with Crippen LogP contribution in [0.3, 0.4) is 0 Å². The number of hydrogen-bond donors (Lipinski definition) is 2. The predicted octanol–water partition coefficient (Wildman–Crippen LogP) is 2.79.